The minimum atomic E-state index is 0.341. The molecule has 0 aliphatic rings. The van der Waals surface area contributed by atoms with Crippen LogP contribution in [0.1, 0.15) is 11.1 Å². The molecule has 0 heterocycles. The first kappa shape index (κ1) is 12.3. The van der Waals surface area contributed by atoms with E-state index in [2.05, 4.69) is 11.8 Å². The molecule has 0 aromatic heterocycles. The van der Waals surface area contributed by atoms with Gasteiger partial charge in [0.1, 0.15) is 0 Å². The van der Waals surface area contributed by atoms with Gasteiger partial charge in [0.25, 0.3) is 0 Å². The van der Waals surface area contributed by atoms with Crippen molar-refractivity contribution in [3.05, 3.63) is 68.7 Å². The van der Waals surface area contributed by atoms with E-state index in [1.807, 2.05) is 30.3 Å². The van der Waals surface area contributed by atoms with Crippen LogP contribution in [0.25, 0.3) is 0 Å². The van der Waals surface area contributed by atoms with Crippen molar-refractivity contribution in [3.63, 3.8) is 0 Å². The van der Waals surface area contributed by atoms with Crippen molar-refractivity contribution < 1.29 is 0 Å². The molecule has 0 saturated heterocycles. The largest absolute Gasteiger partial charge is 0.0827 e. The van der Waals surface area contributed by atoms with E-state index in [1.54, 1.807) is 12.1 Å². The highest BCUT2D eigenvalue weighted by Gasteiger charge is 2.06. The van der Waals surface area contributed by atoms with E-state index in [0.717, 1.165) is 5.56 Å². The SMILES string of the molecule is Clc1ccc(C#Cc2ccccc2)c(Cl)c1Cl. The van der Waals surface area contributed by atoms with Gasteiger partial charge in [0.05, 0.1) is 15.1 Å². The van der Waals surface area contributed by atoms with E-state index in [4.69, 9.17) is 34.8 Å². The second-order valence-corrected chi connectivity index (χ2v) is 4.50. The van der Waals surface area contributed by atoms with E-state index in [9.17, 15) is 0 Å². The minimum absolute atomic E-state index is 0.341. The zero-order valence-corrected chi connectivity index (χ0v) is 10.9. The maximum Gasteiger partial charge on any atom is 0.0791 e. The van der Waals surface area contributed by atoms with Crippen molar-refractivity contribution in [2.24, 2.45) is 0 Å². The van der Waals surface area contributed by atoms with Crippen LogP contribution in [0.5, 0.6) is 0 Å². The van der Waals surface area contributed by atoms with Crippen molar-refractivity contribution >= 4 is 34.8 Å². The molecule has 0 unspecified atom stereocenters. The van der Waals surface area contributed by atoms with Gasteiger partial charge in [-0.25, -0.2) is 0 Å². The lowest BCUT2D eigenvalue weighted by Gasteiger charge is -2.00. The molecular formula is C14H7Cl3. The summed E-state index contributed by atoms with van der Waals surface area (Å²) in [4.78, 5) is 0. The molecular weight excluding hydrogens is 275 g/mol. The van der Waals surface area contributed by atoms with Gasteiger partial charge in [-0.15, -0.1) is 0 Å². The van der Waals surface area contributed by atoms with Gasteiger partial charge in [-0.3, -0.25) is 0 Å². The van der Waals surface area contributed by atoms with E-state index >= 15 is 0 Å². The Morgan fingerprint density at radius 2 is 1.41 bits per heavy atom. The number of benzene rings is 2. The lowest BCUT2D eigenvalue weighted by molar-refractivity contribution is 1.62. The highest BCUT2D eigenvalue weighted by molar-refractivity contribution is 6.48. The van der Waals surface area contributed by atoms with Crippen LogP contribution in [0.2, 0.25) is 15.1 Å². The smallest absolute Gasteiger partial charge is 0.0791 e. The zero-order chi connectivity index (χ0) is 12.3. The molecule has 0 aliphatic heterocycles. The molecule has 0 nitrogen and oxygen atoms in total. The lowest BCUT2D eigenvalue weighted by atomic mass is 10.2. The van der Waals surface area contributed by atoms with Crippen LogP contribution >= 0.6 is 34.8 Å². The number of rotatable bonds is 0. The standard InChI is InChI=1S/C14H7Cl3/c15-12-9-8-11(13(16)14(12)17)7-6-10-4-2-1-3-5-10/h1-5,8-9H. The molecule has 0 saturated carbocycles. The second kappa shape index (κ2) is 5.47. The van der Waals surface area contributed by atoms with Crippen molar-refractivity contribution in [3.8, 4) is 11.8 Å². The van der Waals surface area contributed by atoms with Crippen LogP contribution in [-0.4, -0.2) is 0 Å². The molecule has 0 atom stereocenters. The first-order chi connectivity index (χ1) is 8.18. The molecule has 84 valence electrons. The van der Waals surface area contributed by atoms with E-state index in [0.29, 0.717) is 20.6 Å². The molecule has 0 N–H and O–H groups in total. The summed E-state index contributed by atoms with van der Waals surface area (Å²) in [7, 11) is 0. The number of hydrogen-bond acceptors (Lipinski definition) is 0. The van der Waals surface area contributed by atoms with Gasteiger partial charge < -0.3 is 0 Å². The topological polar surface area (TPSA) is 0 Å². The Hall–Kier alpha value is -1.13. The fourth-order valence-corrected chi connectivity index (χ4v) is 1.87. The van der Waals surface area contributed by atoms with Gasteiger partial charge in [0.2, 0.25) is 0 Å². The molecule has 0 fully saturated rings. The Morgan fingerprint density at radius 3 is 2.12 bits per heavy atom. The molecule has 0 radical (unpaired) electrons. The van der Waals surface area contributed by atoms with E-state index in [1.165, 1.54) is 0 Å². The minimum Gasteiger partial charge on any atom is -0.0827 e. The van der Waals surface area contributed by atoms with E-state index < -0.39 is 0 Å². The molecule has 2 aromatic carbocycles. The lowest BCUT2D eigenvalue weighted by Crippen LogP contribution is -1.80. The third-order valence-electron chi connectivity index (χ3n) is 2.15. The molecule has 0 bridgehead atoms. The monoisotopic (exact) mass is 280 g/mol. The summed E-state index contributed by atoms with van der Waals surface area (Å²) < 4.78 is 0. The van der Waals surface area contributed by atoms with Gasteiger partial charge in [0.15, 0.2) is 0 Å². The normalized spacial score (nSPS) is 9.59. The van der Waals surface area contributed by atoms with Gasteiger partial charge >= 0.3 is 0 Å². The molecule has 2 aromatic rings. The van der Waals surface area contributed by atoms with Crippen LogP contribution in [-0.2, 0) is 0 Å². The Balaban J connectivity index is 2.38. The van der Waals surface area contributed by atoms with Crippen LogP contribution in [0.3, 0.4) is 0 Å². The summed E-state index contributed by atoms with van der Waals surface area (Å²) in [5, 5.41) is 1.16. The average Bonchev–Trinajstić information content (AvgIpc) is 2.36. The van der Waals surface area contributed by atoms with Crippen molar-refractivity contribution in [2.45, 2.75) is 0 Å². The average molecular weight is 282 g/mol. The first-order valence-corrected chi connectivity index (χ1v) is 6.02. The van der Waals surface area contributed by atoms with Crippen LogP contribution in [0.4, 0.5) is 0 Å². The maximum absolute atomic E-state index is 6.05. The Labute approximate surface area is 115 Å². The van der Waals surface area contributed by atoms with Gasteiger partial charge in [-0.2, -0.15) is 0 Å². The van der Waals surface area contributed by atoms with Gasteiger partial charge in [0, 0.05) is 11.1 Å². The summed E-state index contributed by atoms with van der Waals surface area (Å²) in [6.07, 6.45) is 0. The van der Waals surface area contributed by atoms with Gasteiger partial charge in [-0.1, -0.05) is 64.8 Å². The predicted molar refractivity (Wildman–Crippen MR) is 73.9 cm³/mol. The molecule has 0 spiro atoms. The Morgan fingerprint density at radius 1 is 0.706 bits per heavy atom. The quantitative estimate of drug-likeness (QED) is 0.468. The third-order valence-corrected chi connectivity index (χ3v) is 3.44. The zero-order valence-electron chi connectivity index (χ0n) is 8.68. The highest BCUT2D eigenvalue weighted by atomic mass is 35.5. The van der Waals surface area contributed by atoms with Crippen molar-refractivity contribution in [1.82, 2.24) is 0 Å². The second-order valence-electron chi connectivity index (χ2n) is 3.34. The van der Waals surface area contributed by atoms with E-state index in [-0.39, 0.29) is 0 Å². The molecule has 0 aliphatic carbocycles. The van der Waals surface area contributed by atoms with Crippen LogP contribution < -0.4 is 0 Å². The number of hydrogen-bond donors (Lipinski definition) is 0. The van der Waals surface area contributed by atoms with Crippen LogP contribution in [0, 0.1) is 11.8 Å². The predicted octanol–water partition coefficient (Wildman–Crippen LogP) is 5.05. The van der Waals surface area contributed by atoms with Crippen molar-refractivity contribution in [1.29, 1.82) is 0 Å². The summed E-state index contributed by atoms with van der Waals surface area (Å²) in [5.74, 6) is 5.98. The number of halogens is 3. The fraction of sp³-hybridized carbons (Fsp3) is 0. The summed E-state index contributed by atoms with van der Waals surface area (Å²) >= 11 is 17.8. The summed E-state index contributed by atoms with van der Waals surface area (Å²) in [5.41, 5.74) is 1.60. The molecule has 3 heteroatoms. The fourth-order valence-electron chi connectivity index (χ4n) is 1.28. The maximum atomic E-state index is 6.05. The van der Waals surface area contributed by atoms with Crippen LogP contribution in [0.15, 0.2) is 42.5 Å². The molecule has 0 amide bonds. The Bertz CT molecular complexity index is 592. The van der Waals surface area contributed by atoms with Crippen molar-refractivity contribution in [2.75, 3.05) is 0 Å². The van der Waals surface area contributed by atoms with Gasteiger partial charge in [-0.05, 0) is 24.3 Å². The summed E-state index contributed by atoms with van der Waals surface area (Å²) in [6, 6.07) is 13.1. The first-order valence-electron chi connectivity index (χ1n) is 4.89. The Kier molecular flexibility index (Phi) is 3.97. The highest BCUT2D eigenvalue weighted by Crippen LogP contribution is 2.32. The third kappa shape index (κ3) is 2.96. The summed E-state index contributed by atoms with van der Waals surface area (Å²) in [6.45, 7) is 0. The molecule has 17 heavy (non-hydrogen) atoms. The molecule has 2 rings (SSSR count).